The molecule has 1 aromatic carbocycles. The second-order valence-electron chi connectivity index (χ2n) is 7.39. The Labute approximate surface area is 184 Å². The van der Waals surface area contributed by atoms with Crippen LogP contribution in [0.3, 0.4) is 0 Å². The van der Waals surface area contributed by atoms with Crippen molar-refractivity contribution in [3.63, 3.8) is 0 Å². The normalized spacial score (nSPS) is 18.0. The van der Waals surface area contributed by atoms with Gasteiger partial charge in [0.05, 0.1) is 11.7 Å². The number of nitrogens with zero attached hydrogens (tertiary/aromatic N) is 3. The molecule has 6 heteroatoms. The number of amides is 1. The van der Waals surface area contributed by atoms with E-state index < -0.39 is 0 Å². The SMILES string of the molecule is CC#CC(=O)N1CCCC1C(C)=N/C(=C(C)/C(N)=N\C=C/C)c1ccc(C(C)=O)cc1. The number of nitrogens with two attached hydrogens (primary N) is 1. The molecule has 1 aromatic rings. The molecule has 162 valence electrons. The molecule has 0 aromatic heterocycles. The minimum Gasteiger partial charge on any atom is -0.383 e. The lowest BCUT2D eigenvalue weighted by Gasteiger charge is -2.23. The molecular weight excluding hydrogens is 388 g/mol. The molecule has 1 unspecified atom stereocenters. The number of rotatable bonds is 6. The molecule has 1 saturated heterocycles. The maximum absolute atomic E-state index is 12.4. The molecule has 1 aliphatic rings. The van der Waals surface area contributed by atoms with E-state index in [-0.39, 0.29) is 17.7 Å². The number of ketones is 1. The summed E-state index contributed by atoms with van der Waals surface area (Å²) in [6.07, 6.45) is 5.18. The first-order valence-electron chi connectivity index (χ1n) is 10.4. The molecule has 0 aliphatic carbocycles. The van der Waals surface area contributed by atoms with Crippen molar-refractivity contribution in [3.8, 4) is 11.8 Å². The van der Waals surface area contributed by atoms with Gasteiger partial charge in [0, 0.05) is 35.2 Å². The Hall–Kier alpha value is -3.46. The van der Waals surface area contributed by atoms with Crippen LogP contribution in [0.1, 0.15) is 63.4 Å². The number of likely N-dealkylation sites (tertiary alicyclic amines) is 1. The lowest BCUT2D eigenvalue weighted by Crippen LogP contribution is -2.39. The fraction of sp³-hybridized carbons (Fsp3) is 0.360. The van der Waals surface area contributed by atoms with Crippen molar-refractivity contribution in [3.05, 3.63) is 53.2 Å². The summed E-state index contributed by atoms with van der Waals surface area (Å²) >= 11 is 0. The van der Waals surface area contributed by atoms with Crippen LogP contribution in [0.5, 0.6) is 0 Å². The van der Waals surface area contributed by atoms with Crippen molar-refractivity contribution < 1.29 is 9.59 Å². The molecular formula is C25H30N4O2. The average molecular weight is 419 g/mol. The maximum atomic E-state index is 12.4. The largest absolute Gasteiger partial charge is 0.383 e. The van der Waals surface area contributed by atoms with Crippen LogP contribution in [0.4, 0.5) is 0 Å². The van der Waals surface area contributed by atoms with Gasteiger partial charge in [-0.1, -0.05) is 36.3 Å². The van der Waals surface area contributed by atoms with Crippen LogP contribution in [-0.2, 0) is 4.79 Å². The lowest BCUT2D eigenvalue weighted by molar-refractivity contribution is -0.124. The molecule has 6 nitrogen and oxygen atoms in total. The van der Waals surface area contributed by atoms with Gasteiger partial charge >= 0.3 is 0 Å². The monoisotopic (exact) mass is 418 g/mol. The van der Waals surface area contributed by atoms with Crippen LogP contribution in [0.15, 0.2) is 52.1 Å². The van der Waals surface area contributed by atoms with Crippen molar-refractivity contribution in [1.29, 1.82) is 0 Å². The highest BCUT2D eigenvalue weighted by Gasteiger charge is 2.30. The summed E-state index contributed by atoms with van der Waals surface area (Å²) in [5.74, 6) is 5.49. The smallest absolute Gasteiger partial charge is 0.299 e. The van der Waals surface area contributed by atoms with E-state index in [2.05, 4.69) is 16.8 Å². The van der Waals surface area contributed by atoms with Gasteiger partial charge in [0.2, 0.25) is 0 Å². The number of Topliss-reactive ketones (excluding diaryl/α,β-unsaturated/α-hetero) is 1. The Balaban J connectivity index is 2.55. The number of carbonyl (C=O) groups is 2. The van der Waals surface area contributed by atoms with Crippen molar-refractivity contribution >= 4 is 28.9 Å². The summed E-state index contributed by atoms with van der Waals surface area (Å²) < 4.78 is 0. The number of hydrogen-bond acceptors (Lipinski definition) is 4. The molecule has 1 atom stereocenters. The minimum atomic E-state index is -0.179. The molecule has 1 fully saturated rings. The first-order chi connectivity index (χ1) is 14.8. The standard InChI is InChI=1S/C25H30N4O2/c1-6-9-23(31)29-16-8-10-22(29)18(4)28-24(17(3)25(26)27-15-7-2)21-13-11-20(12-14-21)19(5)30/h7,11-15,22H,8,10,16H2,1-5H3,(H2,26,27)/b15-7-,24-17+,28-18?. The Morgan fingerprint density at radius 1 is 1.16 bits per heavy atom. The summed E-state index contributed by atoms with van der Waals surface area (Å²) in [6, 6.07) is 7.15. The van der Waals surface area contributed by atoms with Gasteiger partial charge in [-0.25, -0.2) is 4.99 Å². The number of carbonyl (C=O) groups excluding carboxylic acids is 2. The van der Waals surface area contributed by atoms with Crippen molar-refractivity contribution in [2.24, 2.45) is 15.7 Å². The van der Waals surface area contributed by atoms with Gasteiger partial charge in [0.15, 0.2) is 5.78 Å². The van der Waals surface area contributed by atoms with Gasteiger partial charge in [0.25, 0.3) is 5.91 Å². The first kappa shape index (κ1) is 23.8. The summed E-state index contributed by atoms with van der Waals surface area (Å²) in [4.78, 5) is 35.0. The van der Waals surface area contributed by atoms with Gasteiger partial charge in [0.1, 0.15) is 5.84 Å². The van der Waals surface area contributed by atoms with Crippen molar-refractivity contribution in [1.82, 2.24) is 4.90 Å². The van der Waals surface area contributed by atoms with Gasteiger partial charge in [-0.15, -0.1) is 0 Å². The predicted molar refractivity (Wildman–Crippen MR) is 127 cm³/mol. The molecule has 0 spiro atoms. The number of benzene rings is 1. The van der Waals surface area contributed by atoms with Crippen LogP contribution in [0.25, 0.3) is 5.70 Å². The second kappa shape index (κ2) is 11.1. The van der Waals surface area contributed by atoms with Crippen LogP contribution < -0.4 is 5.73 Å². The maximum Gasteiger partial charge on any atom is 0.299 e. The van der Waals surface area contributed by atoms with E-state index in [4.69, 9.17) is 10.7 Å². The Kier molecular flexibility index (Phi) is 8.51. The van der Waals surface area contributed by atoms with E-state index in [1.807, 2.05) is 32.9 Å². The quantitative estimate of drug-likeness (QED) is 0.328. The third-order valence-electron chi connectivity index (χ3n) is 5.18. The zero-order valence-corrected chi connectivity index (χ0v) is 18.9. The number of aliphatic imine (C=N–C) groups is 2. The fourth-order valence-electron chi connectivity index (χ4n) is 3.47. The Bertz CT molecular complexity index is 1020. The molecule has 0 radical (unpaired) electrons. The molecule has 1 aliphatic heterocycles. The third-order valence-corrected chi connectivity index (χ3v) is 5.18. The molecule has 2 N–H and O–H groups in total. The fourth-order valence-corrected chi connectivity index (χ4v) is 3.47. The molecule has 0 bridgehead atoms. The van der Waals surface area contributed by atoms with Gasteiger partial charge in [-0.2, -0.15) is 0 Å². The summed E-state index contributed by atoms with van der Waals surface area (Å²) in [6.45, 7) is 9.52. The second-order valence-corrected chi connectivity index (χ2v) is 7.39. The van der Waals surface area contributed by atoms with Crippen molar-refractivity contribution in [2.75, 3.05) is 6.54 Å². The van der Waals surface area contributed by atoms with Crippen LogP contribution in [0, 0.1) is 11.8 Å². The minimum absolute atomic E-state index is 0.000198. The van der Waals surface area contributed by atoms with Crippen LogP contribution in [-0.4, -0.2) is 40.7 Å². The molecule has 1 amide bonds. The Morgan fingerprint density at radius 3 is 2.39 bits per heavy atom. The highest BCUT2D eigenvalue weighted by Crippen LogP contribution is 2.25. The zero-order chi connectivity index (χ0) is 23.0. The van der Waals surface area contributed by atoms with E-state index in [1.165, 1.54) is 6.92 Å². The highest BCUT2D eigenvalue weighted by atomic mass is 16.2. The molecule has 1 heterocycles. The number of hydrogen-bond donors (Lipinski definition) is 1. The topological polar surface area (TPSA) is 88.1 Å². The highest BCUT2D eigenvalue weighted by molar-refractivity contribution is 6.06. The summed E-state index contributed by atoms with van der Waals surface area (Å²) in [5, 5.41) is 0. The van der Waals surface area contributed by atoms with E-state index in [0.29, 0.717) is 23.6 Å². The van der Waals surface area contributed by atoms with Gasteiger partial charge in [-0.3, -0.25) is 14.6 Å². The molecule has 2 rings (SSSR count). The van der Waals surface area contributed by atoms with Crippen LogP contribution in [0.2, 0.25) is 0 Å². The summed E-state index contributed by atoms with van der Waals surface area (Å²) in [7, 11) is 0. The zero-order valence-electron chi connectivity index (χ0n) is 18.9. The van der Waals surface area contributed by atoms with E-state index in [1.54, 1.807) is 36.2 Å². The van der Waals surface area contributed by atoms with E-state index >= 15 is 0 Å². The van der Waals surface area contributed by atoms with Crippen molar-refractivity contribution in [2.45, 2.75) is 53.5 Å². The average Bonchev–Trinajstić information content (AvgIpc) is 3.25. The molecule has 31 heavy (non-hydrogen) atoms. The van der Waals surface area contributed by atoms with E-state index in [0.717, 1.165) is 29.7 Å². The summed E-state index contributed by atoms with van der Waals surface area (Å²) in [5.41, 5.74) is 9.85. The van der Waals surface area contributed by atoms with E-state index in [9.17, 15) is 9.59 Å². The predicted octanol–water partition coefficient (Wildman–Crippen LogP) is 3.99. The number of allylic oxidation sites excluding steroid dienone is 1. The Morgan fingerprint density at radius 2 is 1.81 bits per heavy atom. The van der Waals surface area contributed by atoms with Gasteiger partial charge in [-0.05, 0) is 53.4 Å². The van der Waals surface area contributed by atoms with Gasteiger partial charge < -0.3 is 10.6 Å². The number of amidine groups is 1. The third kappa shape index (κ3) is 6.02. The lowest BCUT2D eigenvalue weighted by atomic mass is 10.0. The van der Waals surface area contributed by atoms with Crippen LogP contribution >= 0.6 is 0 Å². The first-order valence-corrected chi connectivity index (χ1v) is 10.4. The molecule has 0 saturated carbocycles.